The van der Waals surface area contributed by atoms with Gasteiger partial charge in [0.15, 0.2) is 0 Å². The Kier molecular flexibility index (Phi) is 3.88. The van der Waals surface area contributed by atoms with Crippen LogP contribution in [0, 0.1) is 0 Å². The molecule has 0 spiro atoms. The van der Waals surface area contributed by atoms with Gasteiger partial charge >= 0.3 is 5.97 Å². The quantitative estimate of drug-likeness (QED) is 0.790. The summed E-state index contributed by atoms with van der Waals surface area (Å²) in [6.07, 6.45) is 1.21. The highest BCUT2D eigenvalue weighted by Gasteiger charge is 2.19. The molecule has 17 heavy (non-hydrogen) atoms. The summed E-state index contributed by atoms with van der Waals surface area (Å²) >= 11 is 0. The van der Waals surface area contributed by atoms with Gasteiger partial charge < -0.3 is 4.84 Å². The van der Waals surface area contributed by atoms with Crippen LogP contribution in [0.2, 0.25) is 0 Å². The van der Waals surface area contributed by atoms with Crippen LogP contribution in [0.5, 0.6) is 0 Å². The van der Waals surface area contributed by atoms with Crippen LogP contribution in [0.1, 0.15) is 18.4 Å². The Hall–Kier alpha value is -1.68. The molecule has 1 aromatic carbocycles. The molecule has 0 bridgehead atoms. The van der Waals surface area contributed by atoms with Gasteiger partial charge in [-0.2, -0.15) is 0 Å². The smallest absolute Gasteiger partial charge is 0.329 e. The van der Waals surface area contributed by atoms with Gasteiger partial charge in [-0.1, -0.05) is 30.3 Å². The van der Waals surface area contributed by atoms with E-state index >= 15 is 0 Å². The SMILES string of the molecule is O=C1CCN(OC(=O)Cc2ccccc2)CC1. The molecule has 4 heteroatoms. The molecule has 0 amide bonds. The highest BCUT2D eigenvalue weighted by molar-refractivity contribution is 5.79. The number of Topliss-reactive ketones (excluding diaryl/α,β-unsaturated/α-hetero) is 1. The first-order valence-corrected chi connectivity index (χ1v) is 5.75. The summed E-state index contributed by atoms with van der Waals surface area (Å²) in [6.45, 7) is 1.03. The molecule has 1 heterocycles. The van der Waals surface area contributed by atoms with E-state index in [1.54, 1.807) is 5.06 Å². The predicted molar refractivity (Wildman–Crippen MR) is 62.1 cm³/mol. The third kappa shape index (κ3) is 3.67. The van der Waals surface area contributed by atoms with Crippen LogP contribution < -0.4 is 0 Å². The predicted octanol–water partition coefficient (Wildman–Crippen LogP) is 1.35. The summed E-state index contributed by atoms with van der Waals surface area (Å²) in [7, 11) is 0. The maximum Gasteiger partial charge on any atom is 0.329 e. The molecule has 1 aliphatic rings. The van der Waals surface area contributed by atoms with E-state index in [0.717, 1.165) is 5.56 Å². The molecule has 1 aromatic rings. The monoisotopic (exact) mass is 233 g/mol. The molecule has 0 atom stereocenters. The summed E-state index contributed by atoms with van der Waals surface area (Å²) in [5, 5.41) is 1.58. The van der Waals surface area contributed by atoms with Crippen molar-refractivity contribution in [3.05, 3.63) is 35.9 Å². The molecule has 0 aromatic heterocycles. The maximum atomic E-state index is 11.6. The first-order valence-electron chi connectivity index (χ1n) is 5.75. The van der Waals surface area contributed by atoms with Crippen molar-refractivity contribution in [3.63, 3.8) is 0 Å². The highest BCUT2D eigenvalue weighted by Crippen LogP contribution is 2.08. The van der Waals surface area contributed by atoms with Gasteiger partial charge in [0.25, 0.3) is 0 Å². The van der Waals surface area contributed by atoms with Gasteiger partial charge in [-0.25, -0.2) is 4.79 Å². The Morgan fingerprint density at radius 2 is 1.82 bits per heavy atom. The molecule has 1 aliphatic heterocycles. The molecule has 1 saturated heterocycles. The Labute approximate surface area is 100 Å². The van der Waals surface area contributed by atoms with Crippen LogP contribution in [0.3, 0.4) is 0 Å². The number of nitrogens with zero attached hydrogens (tertiary/aromatic N) is 1. The number of benzene rings is 1. The minimum Gasteiger partial charge on any atom is -0.368 e. The number of rotatable bonds is 3. The lowest BCUT2D eigenvalue weighted by atomic mass is 10.1. The number of ketones is 1. The molecule has 0 N–H and O–H groups in total. The fraction of sp³-hybridized carbons (Fsp3) is 0.385. The lowest BCUT2D eigenvalue weighted by molar-refractivity contribution is -0.194. The van der Waals surface area contributed by atoms with Crippen LogP contribution >= 0.6 is 0 Å². The molecule has 0 aliphatic carbocycles. The van der Waals surface area contributed by atoms with Crippen LogP contribution in [0.15, 0.2) is 30.3 Å². The highest BCUT2D eigenvalue weighted by atomic mass is 16.7. The Morgan fingerprint density at radius 3 is 2.47 bits per heavy atom. The van der Waals surface area contributed by atoms with Gasteiger partial charge in [-0.05, 0) is 5.56 Å². The standard InChI is InChI=1S/C13H15NO3/c15-12-6-8-14(9-7-12)17-13(16)10-11-4-2-1-3-5-11/h1-5H,6-10H2. The summed E-state index contributed by atoms with van der Waals surface area (Å²) < 4.78 is 0. The minimum absolute atomic E-state index is 0.236. The van der Waals surface area contributed by atoms with E-state index in [0.29, 0.717) is 25.9 Å². The van der Waals surface area contributed by atoms with Gasteiger partial charge in [0.1, 0.15) is 5.78 Å². The molecule has 0 saturated carbocycles. The largest absolute Gasteiger partial charge is 0.368 e. The van der Waals surface area contributed by atoms with Crippen molar-refractivity contribution in [1.82, 2.24) is 5.06 Å². The van der Waals surface area contributed by atoms with E-state index < -0.39 is 0 Å². The maximum absolute atomic E-state index is 11.6. The lowest BCUT2D eigenvalue weighted by Crippen LogP contribution is -2.36. The van der Waals surface area contributed by atoms with Gasteiger partial charge in [0.2, 0.25) is 0 Å². The van der Waals surface area contributed by atoms with Gasteiger partial charge in [-0.15, -0.1) is 5.06 Å². The van der Waals surface area contributed by atoms with E-state index in [-0.39, 0.29) is 18.2 Å². The molecular formula is C13H15NO3. The van der Waals surface area contributed by atoms with E-state index in [9.17, 15) is 9.59 Å². The summed E-state index contributed by atoms with van der Waals surface area (Å²) in [4.78, 5) is 27.8. The number of piperidine rings is 1. The topological polar surface area (TPSA) is 46.6 Å². The molecule has 0 unspecified atom stereocenters. The molecule has 0 radical (unpaired) electrons. The second-order valence-corrected chi connectivity index (χ2v) is 4.09. The van der Waals surface area contributed by atoms with Gasteiger partial charge in [0.05, 0.1) is 6.42 Å². The van der Waals surface area contributed by atoms with Crippen molar-refractivity contribution in [1.29, 1.82) is 0 Å². The molecule has 4 nitrogen and oxygen atoms in total. The third-order valence-corrected chi connectivity index (χ3v) is 2.70. The van der Waals surface area contributed by atoms with Gasteiger partial charge in [0, 0.05) is 25.9 Å². The van der Waals surface area contributed by atoms with Crippen molar-refractivity contribution >= 4 is 11.8 Å². The van der Waals surface area contributed by atoms with Crippen molar-refractivity contribution in [2.75, 3.05) is 13.1 Å². The Morgan fingerprint density at radius 1 is 1.18 bits per heavy atom. The van der Waals surface area contributed by atoms with E-state index in [1.807, 2.05) is 30.3 Å². The van der Waals surface area contributed by atoms with E-state index in [1.165, 1.54) is 0 Å². The first kappa shape index (κ1) is 11.8. The van der Waals surface area contributed by atoms with E-state index in [2.05, 4.69) is 0 Å². The van der Waals surface area contributed by atoms with E-state index in [4.69, 9.17) is 4.84 Å². The van der Waals surface area contributed by atoms with Crippen LogP contribution in [0.25, 0.3) is 0 Å². The van der Waals surface area contributed by atoms with Crippen molar-refractivity contribution < 1.29 is 14.4 Å². The second kappa shape index (κ2) is 5.59. The van der Waals surface area contributed by atoms with Crippen LogP contribution in [-0.2, 0) is 20.8 Å². The van der Waals surface area contributed by atoms with Crippen LogP contribution in [-0.4, -0.2) is 29.9 Å². The number of carbonyl (C=O) groups is 2. The zero-order valence-electron chi connectivity index (χ0n) is 9.59. The zero-order chi connectivity index (χ0) is 12.1. The number of hydroxylamine groups is 2. The van der Waals surface area contributed by atoms with Crippen molar-refractivity contribution in [2.45, 2.75) is 19.3 Å². The zero-order valence-corrected chi connectivity index (χ0v) is 9.59. The Balaban J connectivity index is 1.80. The average Bonchev–Trinajstić information content (AvgIpc) is 2.33. The summed E-state index contributed by atoms with van der Waals surface area (Å²) in [6, 6.07) is 9.47. The molecule has 1 fully saturated rings. The fourth-order valence-electron chi connectivity index (χ4n) is 1.77. The minimum atomic E-state index is -0.273. The number of hydrogen-bond acceptors (Lipinski definition) is 4. The Bertz CT molecular complexity index is 392. The van der Waals surface area contributed by atoms with Crippen molar-refractivity contribution in [2.24, 2.45) is 0 Å². The van der Waals surface area contributed by atoms with Gasteiger partial charge in [-0.3, -0.25) is 4.79 Å². The van der Waals surface area contributed by atoms with Crippen LogP contribution in [0.4, 0.5) is 0 Å². The third-order valence-electron chi connectivity index (χ3n) is 2.70. The van der Waals surface area contributed by atoms with Crippen molar-refractivity contribution in [3.8, 4) is 0 Å². The average molecular weight is 233 g/mol. The first-order chi connectivity index (χ1) is 8.24. The summed E-state index contributed by atoms with van der Waals surface area (Å²) in [5.41, 5.74) is 0.936. The lowest BCUT2D eigenvalue weighted by Gasteiger charge is -2.24. The molecular weight excluding hydrogens is 218 g/mol. The number of carbonyl (C=O) groups excluding carboxylic acids is 2. The number of hydrogen-bond donors (Lipinski definition) is 0. The fourth-order valence-corrected chi connectivity index (χ4v) is 1.77. The summed E-state index contributed by atoms with van der Waals surface area (Å²) in [5.74, 6) is -0.0362. The molecule has 2 rings (SSSR count). The molecule has 90 valence electrons. The second-order valence-electron chi connectivity index (χ2n) is 4.09. The normalized spacial score (nSPS) is 16.8.